The van der Waals surface area contributed by atoms with Gasteiger partial charge in [0.05, 0.1) is 26.7 Å². The summed E-state index contributed by atoms with van der Waals surface area (Å²) in [6.07, 6.45) is 2.69. The zero-order valence-corrected chi connectivity index (χ0v) is 12.4. The van der Waals surface area contributed by atoms with Gasteiger partial charge in [-0.1, -0.05) is 6.07 Å². The summed E-state index contributed by atoms with van der Waals surface area (Å²) in [4.78, 5) is 12.2. The summed E-state index contributed by atoms with van der Waals surface area (Å²) in [5, 5.41) is 3.11. The first-order chi connectivity index (χ1) is 10.2. The summed E-state index contributed by atoms with van der Waals surface area (Å²) in [7, 11) is 3.21. The van der Waals surface area contributed by atoms with Gasteiger partial charge in [-0.15, -0.1) is 0 Å². The average molecular weight is 291 g/mol. The highest BCUT2D eigenvalue weighted by Gasteiger charge is 2.45. The van der Waals surface area contributed by atoms with E-state index in [0.29, 0.717) is 24.2 Å². The van der Waals surface area contributed by atoms with Gasteiger partial charge in [-0.2, -0.15) is 0 Å². The van der Waals surface area contributed by atoms with E-state index in [9.17, 15) is 4.79 Å². The van der Waals surface area contributed by atoms with E-state index >= 15 is 0 Å². The van der Waals surface area contributed by atoms with Gasteiger partial charge in [0.1, 0.15) is 11.5 Å². The number of hydrogen-bond donors (Lipinski definition) is 1. The van der Waals surface area contributed by atoms with Crippen molar-refractivity contribution < 1.29 is 19.0 Å². The van der Waals surface area contributed by atoms with Gasteiger partial charge >= 0.3 is 0 Å². The molecule has 1 amide bonds. The molecule has 1 saturated heterocycles. The van der Waals surface area contributed by atoms with Gasteiger partial charge in [0.2, 0.25) is 5.91 Å². The van der Waals surface area contributed by atoms with Crippen LogP contribution >= 0.6 is 0 Å². The van der Waals surface area contributed by atoms with Crippen molar-refractivity contribution in [2.24, 2.45) is 5.92 Å². The van der Waals surface area contributed by atoms with Crippen LogP contribution in [0.15, 0.2) is 18.2 Å². The Morgan fingerprint density at radius 3 is 2.95 bits per heavy atom. The van der Waals surface area contributed by atoms with Crippen LogP contribution in [0.4, 0.5) is 0 Å². The van der Waals surface area contributed by atoms with Crippen molar-refractivity contribution >= 4 is 5.91 Å². The highest BCUT2D eigenvalue weighted by molar-refractivity contribution is 5.80. The molecule has 0 spiro atoms. The number of rotatable bonds is 5. The van der Waals surface area contributed by atoms with Crippen LogP contribution in [-0.2, 0) is 16.0 Å². The number of carbonyl (C=O) groups is 1. The molecule has 5 nitrogen and oxygen atoms in total. The first-order valence-electron chi connectivity index (χ1n) is 7.33. The number of nitrogens with one attached hydrogen (secondary N) is 1. The molecule has 3 atom stereocenters. The van der Waals surface area contributed by atoms with Crippen molar-refractivity contribution in [1.82, 2.24) is 5.32 Å². The first kappa shape index (κ1) is 14.2. The topological polar surface area (TPSA) is 56.8 Å². The molecule has 0 aromatic heterocycles. The number of carbonyl (C=O) groups excluding carboxylic acids is 1. The average Bonchev–Trinajstić information content (AvgIpc) is 2.86. The molecule has 1 saturated carbocycles. The lowest BCUT2D eigenvalue weighted by Gasteiger charge is -2.39. The minimum absolute atomic E-state index is 0.0359. The molecule has 1 aliphatic heterocycles. The van der Waals surface area contributed by atoms with Gasteiger partial charge in [0.25, 0.3) is 0 Å². The molecule has 21 heavy (non-hydrogen) atoms. The van der Waals surface area contributed by atoms with Crippen LogP contribution in [-0.4, -0.2) is 38.9 Å². The van der Waals surface area contributed by atoms with Gasteiger partial charge < -0.3 is 19.5 Å². The molecule has 114 valence electrons. The lowest BCUT2D eigenvalue weighted by Crippen LogP contribution is -2.53. The Bertz CT molecular complexity index is 531. The Hall–Kier alpha value is -1.75. The predicted octanol–water partition coefficient (Wildman–Crippen LogP) is 1.54. The smallest absolute Gasteiger partial charge is 0.224 e. The van der Waals surface area contributed by atoms with Gasteiger partial charge in [-0.25, -0.2) is 0 Å². The number of ether oxygens (including phenoxy) is 3. The zero-order valence-electron chi connectivity index (χ0n) is 12.4. The standard InChI is InChI=1S/C16H21NO4/c1-19-11-4-3-10(14(8-11)20-2)7-16(18)17-13-9-15-12(13)5-6-21-15/h3-4,8,12-13,15H,5-7,9H2,1-2H3,(H,17,18)/t12-,13+,15+/m0/s1. The quantitative estimate of drug-likeness (QED) is 0.894. The van der Waals surface area contributed by atoms with Crippen LogP contribution in [0.3, 0.4) is 0 Å². The van der Waals surface area contributed by atoms with Gasteiger partial charge in [-0.3, -0.25) is 4.79 Å². The largest absolute Gasteiger partial charge is 0.497 e. The molecule has 3 rings (SSSR count). The molecule has 0 radical (unpaired) electrons. The monoisotopic (exact) mass is 291 g/mol. The third-order valence-electron chi connectivity index (χ3n) is 4.46. The summed E-state index contributed by atoms with van der Waals surface area (Å²) in [6.45, 7) is 0.827. The molecule has 1 aromatic rings. The molecule has 1 aliphatic carbocycles. The Morgan fingerprint density at radius 2 is 2.24 bits per heavy atom. The Labute approximate surface area is 124 Å². The number of amides is 1. The van der Waals surface area contributed by atoms with Crippen LogP contribution in [0, 0.1) is 5.92 Å². The fourth-order valence-electron chi connectivity index (χ4n) is 3.19. The third kappa shape index (κ3) is 2.83. The predicted molar refractivity (Wildman–Crippen MR) is 77.6 cm³/mol. The number of benzene rings is 1. The van der Waals surface area contributed by atoms with Crippen molar-refractivity contribution in [2.75, 3.05) is 20.8 Å². The summed E-state index contributed by atoms with van der Waals surface area (Å²) in [5.41, 5.74) is 0.870. The summed E-state index contributed by atoms with van der Waals surface area (Å²) in [6, 6.07) is 5.79. The van der Waals surface area contributed by atoms with E-state index in [2.05, 4.69) is 5.32 Å². The first-order valence-corrected chi connectivity index (χ1v) is 7.33. The molecule has 5 heteroatoms. The van der Waals surface area contributed by atoms with E-state index in [4.69, 9.17) is 14.2 Å². The highest BCUT2D eigenvalue weighted by atomic mass is 16.5. The molecular formula is C16H21NO4. The summed E-state index contributed by atoms with van der Waals surface area (Å²) >= 11 is 0. The molecule has 0 unspecified atom stereocenters. The highest BCUT2D eigenvalue weighted by Crippen LogP contribution is 2.38. The van der Waals surface area contributed by atoms with Crippen LogP contribution in [0.25, 0.3) is 0 Å². The van der Waals surface area contributed by atoms with Crippen LogP contribution in [0.5, 0.6) is 11.5 Å². The second kappa shape index (κ2) is 5.93. The van der Waals surface area contributed by atoms with E-state index in [1.807, 2.05) is 12.1 Å². The van der Waals surface area contributed by atoms with E-state index in [-0.39, 0.29) is 11.9 Å². The van der Waals surface area contributed by atoms with Crippen molar-refractivity contribution in [2.45, 2.75) is 31.4 Å². The number of fused-ring (bicyclic) bond motifs is 1. The lowest BCUT2D eigenvalue weighted by atomic mass is 9.76. The second-order valence-electron chi connectivity index (χ2n) is 5.63. The maximum absolute atomic E-state index is 12.2. The SMILES string of the molecule is COc1ccc(CC(=O)N[C@@H]2C[C@H]3OCC[C@@H]23)c(OC)c1. The van der Waals surface area contributed by atoms with Crippen molar-refractivity contribution in [3.63, 3.8) is 0 Å². The minimum Gasteiger partial charge on any atom is -0.497 e. The molecule has 1 N–H and O–H groups in total. The minimum atomic E-state index is 0.0359. The molecular weight excluding hydrogens is 270 g/mol. The van der Waals surface area contributed by atoms with Crippen molar-refractivity contribution in [3.05, 3.63) is 23.8 Å². The van der Waals surface area contributed by atoms with Crippen LogP contribution in [0.2, 0.25) is 0 Å². The molecule has 1 heterocycles. The van der Waals surface area contributed by atoms with Gasteiger partial charge in [0, 0.05) is 30.2 Å². The molecule has 0 bridgehead atoms. The number of hydrogen-bond acceptors (Lipinski definition) is 4. The van der Waals surface area contributed by atoms with E-state index < -0.39 is 0 Å². The fourth-order valence-corrected chi connectivity index (χ4v) is 3.19. The molecule has 2 fully saturated rings. The van der Waals surface area contributed by atoms with Crippen molar-refractivity contribution in [1.29, 1.82) is 0 Å². The van der Waals surface area contributed by atoms with E-state index in [1.54, 1.807) is 20.3 Å². The lowest BCUT2D eigenvalue weighted by molar-refractivity contribution is -0.123. The van der Waals surface area contributed by atoms with Crippen LogP contribution in [0.1, 0.15) is 18.4 Å². The van der Waals surface area contributed by atoms with E-state index in [0.717, 1.165) is 30.8 Å². The van der Waals surface area contributed by atoms with E-state index in [1.165, 1.54) is 0 Å². The maximum atomic E-state index is 12.2. The third-order valence-corrected chi connectivity index (χ3v) is 4.46. The second-order valence-corrected chi connectivity index (χ2v) is 5.63. The molecule has 1 aromatic carbocycles. The maximum Gasteiger partial charge on any atom is 0.224 e. The summed E-state index contributed by atoms with van der Waals surface area (Å²) in [5.74, 6) is 1.95. The fraction of sp³-hybridized carbons (Fsp3) is 0.562. The van der Waals surface area contributed by atoms with Gasteiger partial charge in [-0.05, 0) is 18.9 Å². The number of methoxy groups -OCH3 is 2. The summed E-state index contributed by atoms with van der Waals surface area (Å²) < 4.78 is 16.0. The van der Waals surface area contributed by atoms with Crippen molar-refractivity contribution in [3.8, 4) is 11.5 Å². The Balaban J connectivity index is 1.59. The zero-order chi connectivity index (χ0) is 14.8. The van der Waals surface area contributed by atoms with Gasteiger partial charge in [0.15, 0.2) is 0 Å². The van der Waals surface area contributed by atoms with Crippen LogP contribution < -0.4 is 14.8 Å². The Kier molecular flexibility index (Phi) is 4.01. The normalized spacial score (nSPS) is 26.7. The molecule has 2 aliphatic rings. The Morgan fingerprint density at radius 1 is 1.38 bits per heavy atom.